The van der Waals surface area contributed by atoms with E-state index in [1.807, 2.05) is 4.90 Å². The van der Waals surface area contributed by atoms with Crippen molar-refractivity contribution in [3.63, 3.8) is 0 Å². The lowest BCUT2D eigenvalue weighted by atomic mass is 9.74. The van der Waals surface area contributed by atoms with E-state index in [1.165, 1.54) is 0 Å². The Kier molecular flexibility index (Phi) is 10.9. The fourth-order valence-corrected chi connectivity index (χ4v) is 7.61. The highest BCUT2D eigenvalue weighted by molar-refractivity contribution is 6.38. The molecule has 1 aromatic rings. The third-order valence-corrected chi connectivity index (χ3v) is 8.46. The van der Waals surface area contributed by atoms with Gasteiger partial charge in [0.05, 0.1) is 26.4 Å². The van der Waals surface area contributed by atoms with Crippen LogP contribution in [0.2, 0.25) is 0 Å². The van der Waals surface area contributed by atoms with Crippen LogP contribution in [0.3, 0.4) is 0 Å². The molecule has 0 amide bonds. The molecule has 3 fully saturated rings. The van der Waals surface area contributed by atoms with Gasteiger partial charge in [0.2, 0.25) is 5.95 Å². The molecule has 3 aliphatic rings. The molecule has 2 N–H and O–H groups in total. The Balaban J connectivity index is 1.86. The van der Waals surface area contributed by atoms with Gasteiger partial charge >= 0.3 is 11.9 Å². The second kappa shape index (κ2) is 14.0. The van der Waals surface area contributed by atoms with E-state index in [0.29, 0.717) is 57.9 Å². The number of morpholine rings is 1. The molecule has 0 aliphatic carbocycles. The molecule has 46 heavy (non-hydrogen) atoms. The second-order valence-electron chi connectivity index (χ2n) is 15.3. The lowest BCUT2D eigenvalue weighted by Gasteiger charge is -2.46. The van der Waals surface area contributed by atoms with Gasteiger partial charge in [0, 0.05) is 47.1 Å². The van der Waals surface area contributed by atoms with E-state index in [2.05, 4.69) is 71.0 Å². The Morgan fingerprint density at radius 2 is 1.09 bits per heavy atom. The summed E-state index contributed by atoms with van der Waals surface area (Å²) in [7, 11) is 0. The van der Waals surface area contributed by atoms with Crippen LogP contribution in [0.5, 0.6) is 0 Å². The molecule has 0 unspecified atom stereocenters. The maximum atomic E-state index is 13.4. The van der Waals surface area contributed by atoms with Crippen molar-refractivity contribution in [1.29, 1.82) is 0 Å². The molecular weight excluding hydrogens is 588 g/mol. The fourth-order valence-electron chi connectivity index (χ4n) is 7.61. The Labute approximate surface area is 273 Å². The van der Waals surface area contributed by atoms with Crippen LogP contribution >= 0.6 is 0 Å². The summed E-state index contributed by atoms with van der Waals surface area (Å²) in [6.07, 6.45) is 2.70. The molecule has 3 aliphatic heterocycles. The Bertz CT molecular complexity index is 1210. The highest BCUT2D eigenvalue weighted by Gasteiger charge is 2.43. The number of hydrogen-bond donors (Lipinski definition) is 2. The van der Waals surface area contributed by atoms with E-state index in [-0.39, 0.29) is 70.5 Å². The average Bonchev–Trinajstić information content (AvgIpc) is 2.92. The van der Waals surface area contributed by atoms with Gasteiger partial charge in [-0.25, -0.2) is 19.6 Å². The van der Waals surface area contributed by atoms with Gasteiger partial charge in [-0.2, -0.15) is 15.0 Å². The number of esters is 2. The van der Waals surface area contributed by atoms with E-state index >= 15 is 0 Å². The number of nitrogens with zero attached hydrogens (tertiary/aromatic N) is 6. The molecule has 4 heterocycles. The summed E-state index contributed by atoms with van der Waals surface area (Å²) in [5.74, 6) is -0.941. The molecular formula is C33H54N8O5. The molecule has 4 rings (SSSR count). The number of hydrogen-bond acceptors (Lipinski definition) is 13. The van der Waals surface area contributed by atoms with E-state index in [4.69, 9.17) is 34.2 Å². The quantitative estimate of drug-likeness (QED) is 0.296. The van der Waals surface area contributed by atoms with Crippen molar-refractivity contribution in [3.8, 4) is 0 Å². The van der Waals surface area contributed by atoms with Crippen LogP contribution in [0, 0.1) is 11.8 Å². The first-order valence-corrected chi connectivity index (χ1v) is 16.6. The van der Waals surface area contributed by atoms with E-state index in [0.717, 1.165) is 0 Å². The van der Waals surface area contributed by atoms with Crippen LogP contribution in [0.1, 0.15) is 94.9 Å². The molecule has 256 valence electrons. The summed E-state index contributed by atoms with van der Waals surface area (Å²) in [5, 5.41) is 7.33. The number of rotatable bonds is 9. The minimum absolute atomic E-state index is 0.0432. The number of aliphatic imine (C=N–C) groups is 2. The number of aromatic nitrogens is 3. The van der Waals surface area contributed by atoms with E-state index in [9.17, 15) is 9.59 Å². The van der Waals surface area contributed by atoms with Gasteiger partial charge in [-0.15, -0.1) is 0 Å². The van der Waals surface area contributed by atoms with E-state index in [1.54, 1.807) is 13.8 Å². The molecule has 13 nitrogen and oxygen atoms in total. The average molecular weight is 643 g/mol. The highest BCUT2D eigenvalue weighted by atomic mass is 16.5. The van der Waals surface area contributed by atoms with Crippen LogP contribution in [-0.2, 0) is 23.8 Å². The number of carbonyl (C=O) groups is 2. The van der Waals surface area contributed by atoms with Gasteiger partial charge in [-0.1, -0.05) is 0 Å². The van der Waals surface area contributed by atoms with Gasteiger partial charge in [0.1, 0.15) is 11.4 Å². The smallest absolute Gasteiger partial charge is 0.353 e. The normalized spacial score (nSPS) is 23.6. The first-order valence-electron chi connectivity index (χ1n) is 16.6. The number of piperidine rings is 2. The zero-order valence-electron chi connectivity index (χ0n) is 29.5. The summed E-state index contributed by atoms with van der Waals surface area (Å²) < 4.78 is 16.6. The van der Waals surface area contributed by atoms with Crippen molar-refractivity contribution in [3.05, 3.63) is 0 Å². The molecule has 13 heteroatoms. The van der Waals surface area contributed by atoms with Gasteiger partial charge in [0.15, 0.2) is 0 Å². The van der Waals surface area contributed by atoms with Crippen LogP contribution in [-0.4, -0.2) is 100.0 Å². The van der Waals surface area contributed by atoms with Crippen molar-refractivity contribution in [2.24, 2.45) is 21.8 Å². The van der Waals surface area contributed by atoms with Crippen LogP contribution in [0.15, 0.2) is 9.98 Å². The molecule has 0 radical (unpaired) electrons. The predicted octanol–water partition coefficient (Wildman–Crippen LogP) is 4.09. The predicted molar refractivity (Wildman–Crippen MR) is 178 cm³/mol. The Morgan fingerprint density at radius 1 is 0.717 bits per heavy atom. The summed E-state index contributed by atoms with van der Waals surface area (Å²) in [5.41, 5.74) is -0.413. The van der Waals surface area contributed by atoms with Crippen molar-refractivity contribution >= 4 is 41.2 Å². The molecule has 0 spiro atoms. The maximum absolute atomic E-state index is 13.4. The van der Waals surface area contributed by atoms with Crippen LogP contribution in [0.4, 0.5) is 17.8 Å². The molecule has 0 atom stereocenters. The zero-order valence-corrected chi connectivity index (χ0v) is 29.5. The highest BCUT2D eigenvalue weighted by Crippen LogP contribution is 2.36. The second-order valence-corrected chi connectivity index (χ2v) is 15.3. The topological polar surface area (TPSA) is 153 Å². The number of anilines is 1. The standard InChI is InChI=1S/C33H54N8O5/c1-11-45-25(42)23(21-17-30(3,4)39-31(5,6)18-21)34-27-36-28(38-29(37-27)41-13-15-44-16-14-41)35-24(26(43)46-12-2)22-19-32(7,8)40-33(9,10)20-22/h21-22,39-40H,11-20H2,1-10H3. The first-order chi connectivity index (χ1) is 21.4. The summed E-state index contributed by atoms with van der Waals surface area (Å²) in [6.45, 7) is 23.1. The summed E-state index contributed by atoms with van der Waals surface area (Å²) >= 11 is 0. The minimum Gasteiger partial charge on any atom is -0.461 e. The number of ether oxygens (including phenoxy) is 3. The van der Waals surface area contributed by atoms with E-state index < -0.39 is 11.9 Å². The van der Waals surface area contributed by atoms with Crippen LogP contribution < -0.4 is 15.5 Å². The lowest BCUT2D eigenvalue weighted by molar-refractivity contribution is -0.136. The third-order valence-electron chi connectivity index (χ3n) is 8.46. The fraction of sp³-hybridized carbons (Fsp3) is 0.788. The molecule has 0 aromatic carbocycles. The molecule has 3 saturated heterocycles. The summed E-state index contributed by atoms with van der Waals surface area (Å²) in [6, 6.07) is 0. The number of nitrogens with one attached hydrogen (secondary N) is 2. The first kappa shape index (κ1) is 35.8. The van der Waals surface area contributed by atoms with Gasteiger partial charge in [-0.05, 0) is 94.9 Å². The summed E-state index contributed by atoms with van der Waals surface area (Å²) in [4.78, 5) is 52.5. The van der Waals surface area contributed by atoms with Gasteiger partial charge < -0.3 is 29.7 Å². The minimum atomic E-state index is -0.495. The number of carbonyl (C=O) groups excluding carboxylic acids is 2. The Morgan fingerprint density at radius 3 is 1.43 bits per heavy atom. The molecule has 1 aromatic heterocycles. The SMILES string of the molecule is CCOC(=O)C(=Nc1nc(N=C(C(=O)OCC)C2CC(C)(C)NC(C)(C)C2)nc(N2CCOCC2)n1)C1CC(C)(C)NC(C)(C)C1. The van der Waals surface area contributed by atoms with Crippen LogP contribution in [0.25, 0.3) is 0 Å². The van der Waals surface area contributed by atoms with Crippen molar-refractivity contribution < 1.29 is 23.8 Å². The lowest BCUT2D eigenvalue weighted by Crippen LogP contribution is -2.59. The largest absolute Gasteiger partial charge is 0.461 e. The van der Waals surface area contributed by atoms with Crippen molar-refractivity contribution in [2.45, 2.75) is 117 Å². The zero-order chi connectivity index (χ0) is 33.9. The van der Waals surface area contributed by atoms with Crippen molar-refractivity contribution in [1.82, 2.24) is 25.6 Å². The monoisotopic (exact) mass is 642 g/mol. The molecule has 0 saturated carbocycles. The maximum Gasteiger partial charge on any atom is 0.353 e. The van der Waals surface area contributed by atoms with Gasteiger partial charge in [-0.3, -0.25) is 0 Å². The molecule has 0 bridgehead atoms. The van der Waals surface area contributed by atoms with Crippen molar-refractivity contribution in [2.75, 3.05) is 44.4 Å². The van der Waals surface area contributed by atoms with Gasteiger partial charge in [0.25, 0.3) is 11.9 Å². The third kappa shape index (κ3) is 9.51. The Hall–Kier alpha value is -3.03.